The number of nitrogens with two attached hydrogens (primary N) is 1. The number of nitrogens with zero attached hydrogens (tertiary/aromatic N) is 1. The molecule has 0 bridgehead atoms. The maximum absolute atomic E-state index is 12.2. The monoisotopic (exact) mass is 309 g/mol. The van der Waals surface area contributed by atoms with Crippen molar-refractivity contribution in [2.75, 3.05) is 31.5 Å². The smallest absolute Gasteiger partial charge is 0.238 e. The second-order valence-electron chi connectivity index (χ2n) is 5.94. The van der Waals surface area contributed by atoms with Crippen LogP contribution in [0.25, 0.3) is 0 Å². The molecule has 0 atom stereocenters. The lowest BCUT2D eigenvalue weighted by Gasteiger charge is -2.30. The number of rotatable bonds is 4. The number of hydrogen-bond donors (Lipinski definition) is 2. The molecular formula is C16H24ClN3O. The van der Waals surface area contributed by atoms with Gasteiger partial charge in [-0.3, -0.25) is 9.69 Å². The van der Waals surface area contributed by atoms with Gasteiger partial charge in [0.2, 0.25) is 5.91 Å². The normalized spacial score (nSPS) is 17.0. The van der Waals surface area contributed by atoms with E-state index in [4.69, 9.17) is 17.3 Å². The highest BCUT2D eigenvalue weighted by Crippen LogP contribution is 2.27. The van der Waals surface area contributed by atoms with Crippen molar-refractivity contribution in [1.82, 2.24) is 4.90 Å². The van der Waals surface area contributed by atoms with Crippen LogP contribution in [0.1, 0.15) is 24.0 Å². The lowest BCUT2D eigenvalue weighted by molar-refractivity contribution is -0.117. The highest BCUT2D eigenvalue weighted by Gasteiger charge is 2.20. The minimum atomic E-state index is -0.00458. The van der Waals surface area contributed by atoms with Gasteiger partial charge < -0.3 is 11.1 Å². The molecule has 0 unspecified atom stereocenters. The topological polar surface area (TPSA) is 58.4 Å². The van der Waals surface area contributed by atoms with Crippen LogP contribution in [0.5, 0.6) is 0 Å². The molecule has 1 amide bonds. The Hall–Kier alpha value is -1.10. The minimum Gasteiger partial charge on any atom is -0.330 e. The van der Waals surface area contributed by atoms with Crippen molar-refractivity contribution in [1.29, 1.82) is 0 Å². The first-order valence-electron chi connectivity index (χ1n) is 7.48. The second-order valence-corrected chi connectivity index (χ2v) is 6.35. The van der Waals surface area contributed by atoms with Gasteiger partial charge in [-0.2, -0.15) is 0 Å². The number of likely N-dealkylation sites (tertiary alicyclic amines) is 1. The van der Waals surface area contributed by atoms with Crippen molar-refractivity contribution in [2.24, 2.45) is 11.7 Å². The molecular weight excluding hydrogens is 286 g/mol. The summed E-state index contributed by atoms with van der Waals surface area (Å²) in [7, 11) is 0. The van der Waals surface area contributed by atoms with Gasteiger partial charge in [-0.25, -0.2) is 0 Å². The number of aryl methyl sites for hydroxylation is 2. The minimum absolute atomic E-state index is 0.00458. The summed E-state index contributed by atoms with van der Waals surface area (Å²) in [5.41, 5.74) is 8.50. The van der Waals surface area contributed by atoms with E-state index < -0.39 is 0 Å². The average molecular weight is 310 g/mol. The number of anilines is 1. The molecule has 1 aromatic rings. The highest BCUT2D eigenvalue weighted by molar-refractivity contribution is 6.34. The fourth-order valence-electron chi connectivity index (χ4n) is 2.84. The summed E-state index contributed by atoms with van der Waals surface area (Å²) in [4.78, 5) is 14.4. The summed E-state index contributed by atoms with van der Waals surface area (Å²) < 4.78 is 0. The van der Waals surface area contributed by atoms with Gasteiger partial charge >= 0.3 is 0 Å². The number of amides is 1. The molecule has 5 heteroatoms. The molecule has 3 N–H and O–H groups in total. The van der Waals surface area contributed by atoms with Gasteiger partial charge in [0.1, 0.15) is 0 Å². The van der Waals surface area contributed by atoms with Crippen LogP contribution >= 0.6 is 11.6 Å². The van der Waals surface area contributed by atoms with Crippen molar-refractivity contribution in [3.63, 3.8) is 0 Å². The van der Waals surface area contributed by atoms with Crippen LogP contribution in [-0.4, -0.2) is 37.0 Å². The van der Waals surface area contributed by atoms with Gasteiger partial charge in [0.05, 0.1) is 17.3 Å². The van der Waals surface area contributed by atoms with E-state index >= 15 is 0 Å². The maximum atomic E-state index is 12.2. The Morgan fingerprint density at radius 1 is 1.38 bits per heavy atom. The van der Waals surface area contributed by atoms with Crippen LogP contribution in [-0.2, 0) is 4.79 Å². The lowest BCUT2D eigenvalue weighted by Crippen LogP contribution is -2.40. The number of piperidine rings is 1. The quantitative estimate of drug-likeness (QED) is 0.898. The molecule has 1 fully saturated rings. The largest absolute Gasteiger partial charge is 0.330 e. The predicted molar refractivity (Wildman–Crippen MR) is 87.8 cm³/mol. The predicted octanol–water partition coefficient (Wildman–Crippen LogP) is 2.57. The molecule has 0 spiro atoms. The van der Waals surface area contributed by atoms with Crippen LogP contribution in [0.15, 0.2) is 12.1 Å². The third-order valence-electron chi connectivity index (χ3n) is 4.10. The molecule has 1 aliphatic rings. The molecule has 0 saturated carbocycles. The first-order chi connectivity index (χ1) is 9.99. The van der Waals surface area contributed by atoms with Crippen LogP contribution in [0, 0.1) is 19.8 Å². The lowest BCUT2D eigenvalue weighted by atomic mass is 9.97. The molecule has 0 aromatic heterocycles. The van der Waals surface area contributed by atoms with Gasteiger partial charge in [0.15, 0.2) is 0 Å². The van der Waals surface area contributed by atoms with E-state index in [-0.39, 0.29) is 5.91 Å². The first kappa shape index (κ1) is 16.3. The van der Waals surface area contributed by atoms with E-state index in [1.54, 1.807) is 0 Å². The maximum Gasteiger partial charge on any atom is 0.238 e. The Morgan fingerprint density at radius 2 is 2.05 bits per heavy atom. The van der Waals surface area contributed by atoms with E-state index in [9.17, 15) is 4.79 Å². The third-order valence-corrected chi connectivity index (χ3v) is 4.40. The summed E-state index contributed by atoms with van der Waals surface area (Å²) in [6.45, 7) is 7.00. The van der Waals surface area contributed by atoms with Gasteiger partial charge in [-0.15, -0.1) is 0 Å². The summed E-state index contributed by atoms with van der Waals surface area (Å²) in [6.07, 6.45) is 2.15. The van der Waals surface area contributed by atoms with Gasteiger partial charge in [-0.1, -0.05) is 17.7 Å². The zero-order valence-electron chi connectivity index (χ0n) is 12.8. The molecule has 21 heavy (non-hydrogen) atoms. The van der Waals surface area contributed by atoms with E-state index in [2.05, 4.69) is 10.2 Å². The standard InChI is InChI=1S/C16H24ClN3O/c1-11-7-12(2)16(14(17)8-11)19-15(21)10-20-5-3-13(9-18)4-6-20/h7-8,13H,3-6,9-10,18H2,1-2H3,(H,19,21). The van der Waals surface area contributed by atoms with E-state index in [0.29, 0.717) is 17.5 Å². The number of hydrogen-bond acceptors (Lipinski definition) is 3. The van der Waals surface area contributed by atoms with Crippen LogP contribution in [0.4, 0.5) is 5.69 Å². The van der Waals surface area contributed by atoms with E-state index in [0.717, 1.165) is 49.3 Å². The van der Waals surface area contributed by atoms with Gasteiger partial charge in [-0.05, 0) is 69.4 Å². The number of carbonyl (C=O) groups is 1. The average Bonchev–Trinajstić information content (AvgIpc) is 2.43. The number of carbonyl (C=O) groups excluding carboxylic acids is 1. The molecule has 116 valence electrons. The van der Waals surface area contributed by atoms with Gasteiger partial charge in [0, 0.05) is 0 Å². The third kappa shape index (κ3) is 4.43. The first-order valence-corrected chi connectivity index (χ1v) is 7.86. The Bertz CT molecular complexity index is 487. The highest BCUT2D eigenvalue weighted by atomic mass is 35.5. The van der Waals surface area contributed by atoms with E-state index in [1.807, 2.05) is 26.0 Å². The Labute approximate surface area is 131 Å². The Morgan fingerprint density at radius 3 is 2.62 bits per heavy atom. The van der Waals surface area contributed by atoms with Crippen LogP contribution in [0.3, 0.4) is 0 Å². The summed E-state index contributed by atoms with van der Waals surface area (Å²) in [5.74, 6) is 0.605. The zero-order valence-corrected chi connectivity index (χ0v) is 13.5. The molecule has 2 rings (SSSR count). The van der Waals surface area contributed by atoms with Crippen molar-refractivity contribution in [2.45, 2.75) is 26.7 Å². The molecule has 1 aromatic carbocycles. The summed E-state index contributed by atoms with van der Waals surface area (Å²) in [5, 5.41) is 3.54. The number of halogens is 1. The fourth-order valence-corrected chi connectivity index (χ4v) is 3.20. The molecule has 0 radical (unpaired) electrons. The van der Waals surface area contributed by atoms with E-state index in [1.165, 1.54) is 0 Å². The number of nitrogens with one attached hydrogen (secondary N) is 1. The Balaban J connectivity index is 1.91. The molecule has 1 saturated heterocycles. The summed E-state index contributed by atoms with van der Waals surface area (Å²) >= 11 is 6.22. The Kier molecular flexibility index (Phi) is 5.62. The molecule has 1 heterocycles. The SMILES string of the molecule is Cc1cc(C)c(NC(=O)CN2CCC(CN)CC2)c(Cl)c1. The summed E-state index contributed by atoms with van der Waals surface area (Å²) in [6, 6.07) is 3.89. The van der Waals surface area contributed by atoms with Crippen LogP contribution < -0.4 is 11.1 Å². The van der Waals surface area contributed by atoms with Crippen molar-refractivity contribution >= 4 is 23.2 Å². The zero-order chi connectivity index (χ0) is 15.4. The second kappa shape index (κ2) is 7.25. The van der Waals surface area contributed by atoms with Crippen LogP contribution in [0.2, 0.25) is 5.02 Å². The van der Waals surface area contributed by atoms with Crippen molar-refractivity contribution < 1.29 is 4.79 Å². The fraction of sp³-hybridized carbons (Fsp3) is 0.562. The van der Waals surface area contributed by atoms with Gasteiger partial charge in [0.25, 0.3) is 0 Å². The van der Waals surface area contributed by atoms with Crippen molar-refractivity contribution in [3.8, 4) is 0 Å². The van der Waals surface area contributed by atoms with Crippen molar-refractivity contribution in [3.05, 3.63) is 28.3 Å². The molecule has 0 aliphatic carbocycles. The molecule has 1 aliphatic heterocycles. The molecule has 4 nitrogen and oxygen atoms in total. The number of benzene rings is 1.